The van der Waals surface area contributed by atoms with Gasteiger partial charge in [0.15, 0.2) is 0 Å². The molecule has 0 saturated carbocycles. The Morgan fingerprint density at radius 3 is 2.57 bits per heavy atom. The van der Waals surface area contributed by atoms with Gasteiger partial charge in [0.2, 0.25) is 5.91 Å². The first-order chi connectivity index (χ1) is 14.2. The van der Waals surface area contributed by atoms with Gasteiger partial charge in [-0.1, -0.05) is 29.3 Å². The third kappa shape index (κ3) is 3.50. The number of sulfonamides is 1. The van der Waals surface area contributed by atoms with E-state index >= 15 is 0 Å². The number of halogens is 2. The molecular weight excluding hydrogens is 467 g/mol. The number of rotatable bonds is 4. The first kappa shape index (κ1) is 20.9. The zero-order valence-corrected chi connectivity index (χ0v) is 18.6. The second-order valence-electron chi connectivity index (χ2n) is 6.53. The number of carbonyl (C=O) groups is 2. The maximum Gasteiger partial charge on any atom is 0.266 e. The lowest BCUT2D eigenvalue weighted by Gasteiger charge is -2.27. The molecule has 154 valence electrons. The van der Waals surface area contributed by atoms with Crippen LogP contribution in [0.4, 0.5) is 11.4 Å². The van der Waals surface area contributed by atoms with Gasteiger partial charge < -0.3 is 0 Å². The molecule has 3 aromatic rings. The zero-order chi connectivity index (χ0) is 21.6. The van der Waals surface area contributed by atoms with E-state index in [9.17, 15) is 18.0 Å². The summed E-state index contributed by atoms with van der Waals surface area (Å²) in [5, 5.41) is 2.23. The molecule has 6 nitrogen and oxygen atoms in total. The summed E-state index contributed by atoms with van der Waals surface area (Å²) in [7, 11) is -2.61. The Balaban J connectivity index is 1.77. The number of thiophene rings is 1. The van der Waals surface area contributed by atoms with Crippen molar-refractivity contribution in [1.29, 1.82) is 0 Å². The number of carbonyl (C=O) groups excluding carboxylic acids is 2. The maximum atomic E-state index is 13.2. The average molecular weight is 481 g/mol. The van der Waals surface area contributed by atoms with E-state index in [2.05, 4.69) is 0 Å². The van der Waals surface area contributed by atoms with Crippen LogP contribution in [0.3, 0.4) is 0 Å². The summed E-state index contributed by atoms with van der Waals surface area (Å²) in [4.78, 5) is 27.0. The molecule has 0 fully saturated rings. The molecule has 2 aromatic carbocycles. The molecule has 1 aliphatic heterocycles. The highest BCUT2D eigenvalue weighted by Crippen LogP contribution is 2.35. The van der Waals surface area contributed by atoms with E-state index in [-0.39, 0.29) is 22.0 Å². The highest BCUT2D eigenvalue weighted by Gasteiger charge is 2.35. The lowest BCUT2D eigenvalue weighted by molar-refractivity contribution is -0.117. The molecule has 0 bridgehead atoms. The number of anilines is 2. The Bertz CT molecular complexity index is 1290. The molecule has 10 heteroatoms. The van der Waals surface area contributed by atoms with Crippen LogP contribution in [0.25, 0.3) is 0 Å². The largest absolute Gasteiger partial charge is 0.274 e. The number of nitrogens with zero attached hydrogens (tertiary/aromatic N) is 2. The molecule has 0 saturated heterocycles. The predicted molar refractivity (Wildman–Crippen MR) is 118 cm³/mol. The van der Waals surface area contributed by atoms with Crippen LogP contribution in [0, 0.1) is 0 Å². The number of amides is 2. The second-order valence-corrected chi connectivity index (χ2v) is 10.3. The fourth-order valence-corrected chi connectivity index (χ4v) is 5.61. The van der Waals surface area contributed by atoms with Crippen molar-refractivity contribution in [3.8, 4) is 0 Å². The van der Waals surface area contributed by atoms with Crippen molar-refractivity contribution in [3.05, 3.63) is 74.4 Å². The Morgan fingerprint density at radius 2 is 1.83 bits per heavy atom. The first-order valence-electron chi connectivity index (χ1n) is 8.68. The summed E-state index contributed by atoms with van der Waals surface area (Å²) in [6, 6.07) is 12.0. The van der Waals surface area contributed by atoms with Gasteiger partial charge in [0, 0.05) is 16.9 Å². The number of imide groups is 1. The summed E-state index contributed by atoms with van der Waals surface area (Å²) < 4.78 is 27.4. The minimum absolute atomic E-state index is 0.0316. The van der Waals surface area contributed by atoms with Gasteiger partial charge in [-0.25, -0.2) is 13.3 Å². The lowest BCUT2D eigenvalue weighted by atomic mass is 10.1. The van der Waals surface area contributed by atoms with Gasteiger partial charge in [0.25, 0.3) is 15.9 Å². The Labute approximate surface area is 187 Å². The van der Waals surface area contributed by atoms with E-state index in [0.717, 1.165) is 9.21 Å². The van der Waals surface area contributed by atoms with Crippen molar-refractivity contribution in [2.45, 2.75) is 11.3 Å². The van der Waals surface area contributed by atoms with Crippen molar-refractivity contribution in [2.75, 3.05) is 16.3 Å². The Kier molecular flexibility index (Phi) is 5.36. The standard InChI is InChI=1S/C20H14Cl2N2O4S2/c1-23(13-4-2-3-12(21)9-13)30(27,28)14-5-6-16(22)17(10-14)24-19(25)11-18-15(20(24)26)7-8-29-18/h2-10H,11H2,1H3. The molecule has 2 amide bonds. The number of hydrogen-bond donors (Lipinski definition) is 0. The van der Waals surface area contributed by atoms with Crippen LogP contribution in [0.2, 0.25) is 10.0 Å². The number of fused-ring (bicyclic) bond motifs is 1. The van der Waals surface area contributed by atoms with E-state index < -0.39 is 21.8 Å². The van der Waals surface area contributed by atoms with Crippen molar-refractivity contribution in [3.63, 3.8) is 0 Å². The quantitative estimate of drug-likeness (QED) is 0.511. The average Bonchev–Trinajstić information content (AvgIpc) is 3.17. The minimum atomic E-state index is -4.00. The van der Waals surface area contributed by atoms with E-state index in [4.69, 9.17) is 23.2 Å². The summed E-state index contributed by atoms with van der Waals surface area (Å²) in [6.07, 6.45) is 0.0501. The van der Waals surface area contributed by atoms with Crippen LogP contribution >= 0.6 is 34.5 Å². The molecular formula is C20H14Cl2N2O4S2. The van der Waals surface area contributed by atoms with Gasteiger partial charge in [-0.2, -0.15) is 0 Å². The van der Waals surface area contributed by atoms with Crippen LogP contribution in [0.15, 0.2) is 58.8 Å². The second kappa shape index (κ2) is 7.70. The normalized spacial score (nSPS) is 14.0. The highest BCUT2D eigenvalue weighted by atomic mass is 35.5. The lowest BCUT2D eigenvalue weighted by Crippen LogP contribution is -2.42. The van der Waals surface area contributed by atoms with Gasteiger partial charge in [-0.05, 0) is 47.8 Å². The maximum absolute atomic E-state index is 13.2. The van der Waals surface area contributed by atoms with Crippen LogP contribution < -0.4 is 9.21 Å². The number of hydrogen-bond acceptors (Lipinski definition) is 5. The fourth-order valence-electron chi connectivity index (χ4n) is 3.16. The topological polar surface area (TPSA) is 74.8 Å². The summed E-state index contributed by atoms with van der Waals surface area (Å²) in [5.74, 6) is -0.989. The Morgan fingerprint density at radius 1 is 1.07 bits per heavy atom. The molecule has 0 radical (unpaired) electrons. The SMILES string of the molecule is CN(c1cccc(Cl)c1)S(=O)(=O)c1ccc(Cl)c(N2C(=O)Cc3sccc3C2=O)c1. The molecule has 1 aliphatic rings. The molecule has 0 unspecified atom stereocenters. The van der Waals surface area contributed by atoms with E-state index in [1.165, 1.54) is 42.6 Å². The van der Waals surface area contributed by atoms with Crippen LogP contribution in [0.1, 0.15) is 15.2 Å². The Hall–Kier alpha value is -2.39. The summed E-state index contributed by atoms with van der Waals surface area (Å²) in [6.45, 7) is 0. The van der Waals surface area contributed by atoms with E-state index in [1.54, 1.807) is 29.6 Å². The van der Waals surface area contributed by atoms with Crippen molar-refractivity contribution >= 4 is 67.8 Å². The van der Waals surface area contributed by atoms with Gasteiger partial charge in [0.1, 0.15) is 0 Å². The van der Waals surface area contributed by atoms with Gasteiger partial charge in [0.05, 0.1) is 33.3 Å². The van der Waals surface area contributed by atoms with E-state index in [1.807, 2.05) is 0 Å². The van der Waals surface area contributed by atoms with Crippen molar-refractivity contribution < 1.29 is 18.0 Å². The highest BCUT2D eigenvalue weighted by molar-refractivity contribution is 7.92. The predicted octanol–water partition coefficient (Wildman–Crippen LogP) is 4.61. The first-order valence-corrected chi connectivity index (χ1v) is 11.8. The van der Waals surface area contributed by atoms with E-state index in [0.29, 0.717) is 21.2 Å². The summed E-state index contributed by atoms with van der Waals surface area (Å²) >= 11 is 13.6. The van der Waals surface area contributed by atoms with Crippen LogP contribution in [-0.4, -0.2) is 27.3 Å². The van der Waals surface area contributed by atoms with Crippen LogP contribution in [0.5, 0.6) is 0 Å². The van der Waals surface area contributed by atoms with Gasteiger partial charge in [-0.3, -0.25) is 13.9 Å². The number of benzene rings is 2. The smallest absolute Gasteiger partial charge is 0.266 e. The van der Waals surface area contributed by atoms with Crippen molar-refractivity contribution in [2.24, 2.45) is 0 Å². The van der Waals surface area contributed by atoms with Gasteiger partial charge in [-0.15, -0.1) is 11.3 Å². The molecule has 0 atom stereocenters. The molecule has 0 aliphatic carbocycles. The fraction of sp³-hybridized carbons (Fsp3) is 0.100. The molecule has 1 aromatic heterocycles. The van der Waals surface area contributed by atoms with Crippen LogP contribution in [-0.2, 0) is 21.2 Å². The monoisotopic (exact) mass is 480 g/mol. The molecule has 30 heavy (non-hydrogen) atoms. The third-order valence-electron chi connectivity index (χ3n) is 4.73. The summed E-state index contributed by atoms with van der Waals surface area (Å²) in [5.41, 5.74) is 0.816. The van der Waals surface area contributed by atoms with Gasteiger partial charge >= 0.3 is 0 Å². The molecule has 0 spiro atoms. The molecule has 4 rings (SSSR count). The minimum Gasteiger partial charge on any atom is -0.274 e. The third-order valence-corrected chi connectivity index (χ3v) is 7.99. The zero-order valence-electron chi connectivity index (χ0n) is 15.5. The molecule has 0 N–H and O–H groups in total. The molecule has 2 heterocycles. The van der Waals surface area contributed by atoms with Crippen molar-refractivity contribution in [1.82, 2.24) is 0 Å².